The van der Waals surface area contributed by atoms with Crippen molar-refractivity contribution in [3.05, 3.63) is 34.9 Å². The molecule has 0 aromatic heterocycles. The van der Waals surface area contributed by atoms with Gasteiger partial charge in [0, 0.05) is 18.5 Å². The maximum absolute atomic E-state index is 11.5. The zero-order chi connectivity index (χ0) is 11.2. The molecule has 0 amide bonds. The zero-order valence-electron chi connectivity index (χ0n) is 9.79. The molecule has 1 N–H and O–H groups in total. The predicted octanol–water partition coefficient (Wildman–Crippen LogP) is 2.03. The van der Waals surface area contributed by atoms with Crippen molar-refractivity contribution in [3.8, 4) is 0 Å². The number of carbonyl (C=O) groups excluding carboxylic acids is 1. The number of rotatable bonds is 1. The van der Waals surface area contributed by atoms with Gasteiger partial charge in [-0.15, -0.1) is 12.4 Å². The lowest BCUT2D eigenvalue weighted by molar-refractivity contribution is 0.0600. The summed E-state index contributed by atoms with van der Waals surface area (Å²) in [5, 5.41) is 3.44. The highest BCUT2D eigenvalue weighted by Crippen LogP contribution is 2.50. The van der Waals surface area contributed by atoms with Crippen LogP contribution in [0.1, 0.15) is 34.3 Å². The van der Waals surface area contributed by atoms with Gasteiger partial charge in [0.25, 0.3) is 0 Å². The molecule has 0 bridgehead atoms. The van der Waals surface area contributed by atoms with Crippen LogP contribution in [0.3, 0.4) is 0 Å². The fourth-order valence-electron chi connectivity index (χ4n) is 2.60. The highest BCUT2D eigenvalue weighted by molar-refractivity contribution is 5.89. The Kier molecular flexibility index (Phi) is 3.15. The quantitative estimate of drug-likeness (QED) is 0.779. The summed E-state index contributed by atoms with van der Waals surface area (Å²) in [6.45, 7) is 1.96. The molecule has 3 rings (SSSR count). The summed E-state index contributed by atoms with van der Waals surface area (Å²) in [5.74, 6) is -0.239. The van der Waals surface area contributed by atoms with E-state index in [0.29, 0.717) is 11.0 Å². The normalized spacial score (nSPS) is 19.1. The molecule has 1 fully saturated rings. The number of esters is 1. The first kappa shape index (κ1) is 12.4. The Morgan fingerprint density at radius 2 is 2.18 bits per heavy atom. The van der Waals surface area contributed by atoms with E-state index >= 15 is 0 Å². The Morgan fingerprint density at radius 1 is 1.41 bits per heavy atom. The molecule has 92 valence electrons. The molecule has 1 aromatic rings. The van der Waals surface area contributed by atoms with Crippen LogP contribution in [0.4, 0.5) is 0 Å². The molecule has 1 saturated carbocycles. The van der Waals surface area contributed by atoms with Crippen molar-refractivity contribution in [2.45, 2.75) is 24.8 Å². The van der Waals surface area contributed by atoms with Crippen molar-refractivity contribution < 1.29 is 9.53 Å². The minimum Gasteiger partial charge on any atom is -0.465 e. The Labute approximate surface area is 107 Å². The second kappa shape index (κ2) is 4.31. The highest BCUT2D eigenvalue weighted by atomic mass is 35.5. The van der Waals surface area contributed by atoms with Gasteiger partial charge in [-0.2, -0.15) is 0 Å². The average molecular weight is 254 g/mol. The molecule has 1 aliphatic carbocycles. The maximum atomic E-state index is 11.5. The average Bonchev–Trinajstić information content (AvgIpc) is 3.09. The van der Waals surface area contributed by atoms with E-state index in [0.717, 1.165) is 13.1 Å². The summed E-state index contributed by atoms with van der Waals surface area (Å²) in [6, 6.07) is 5.93. The molecule has 1 spiro atoms. The molecule has 0 unspecified atom stereocenters. The second-order valence-electron chi connectivity index (χ2n) is 4.75. The molecular weight excluding hydrogens is 238 g/mol. The molecule has 0 radical (unpaired) electrons. The molecule has 17 heavy (non-hydrogen) atoms. The molecule has 1 aromatic carbocycles. The van der Waals surface area contributed by atoms with Crippen molar-refractivity contribution >= 4 is 18.4 Å². The first-order valence-electron chi connectivity index (χ1n) is 5.68. The fourth-order valence-corrected chi connectivity index (χ4v) is 2.60. The first-order chi connectivity index (χ1) is 7.75. The molecule has 3 nitrogen and oxygen atoms in total. The highest BCUT2D eigenvalue weighted by Gasteiger charge is 2.46. The van der Waals surface area contributed by atoms with Crippen molar-refractivity contribution in [1.82, 2.24) is 5.32 Å². The van der Waals surface area contributed by atoms with Crippen LogP contribution in [-0.4, -0.2) is 19.6 Å². The molecule has 1 aliphatic heterocycles. The standard InChI is InChI=1S/C13H15NO2.ClH/c1-16-12(15)9-2-3-10-7-14-8-13(4-5-13)11(10)6-9;/h2-3,6,14H,4-5,7-8H2,1H3;1H. The zero-order valence-corrected chi connectivity index (χ0v) is 10.6. The number of fused-ring (bicyclic) bond motifs is 2. The molecule has 4 heteroatoms. The predicted molar refractivity (Wildman–Crippen MR) is 67.6 cm³/mol. The molecule has 0 saturated heterocycles. The number of hydrogen-bond acceptors (Lipinski definition) is 3. The third-order valence-corrected chi connectivity index (χ3v) is 3.73. The van der Waals surface area contributed by atoms with Crippen LogP contribution in [-0.2, 0) is 16.7 Å². The Hall–Kier alpha value is -1.06. The third-order valence-electron chi connectivity index (χ3n) is 3.73. The van der Waals surface area contributed by atoms with Crippen LogP contribution in [0.5, 0.6) is 0 Å². The van der Waals surface area contributed by atoms with Gasteiger partial charge < -0.3 is 10.1 Å². The summed E-state index contributed by atoms with van der Waals surface area (Å²) < 4.78 is 4.76. The summed E-state index contributed by atoms with van der Waals surface area (Å²) in [7, 11) is 1.43. The van der Waals surface area contributed by atoms with E-state index in [1.807, 2.05) is 18.2 Å². The largest absolute Gasteiger partial charge is 0.465 e. The fraction of sp³-hybridized carbons (Fsp3) is 0.462. The number of benzene rings is 1. The number of hydrogen-bond donors (Lipinski definition) is 1. The van der Waals surface area contributed by atoms with Gasteiger partial charge in [0.2, 0.25) is 0 Å². The lowest BCUT2D eigenvalue weighted by atomic mass is 9.87. The van der Waals surface area contributed by atoms with E-state index in [1.54, 1.807) is 0 Å². The van der Waals surface area contributed by atoms with Crippen LogP contribution in [0.25, 0.3) is 0 Å². The number of carbonyl (C=O) groups is 1. The van der Waals surface area contributed by atoms with Gasteiger partial charge in [0.15, 0.2) is 0 Å². The minimum atomic E-state index is -0.239. The van der Waals surface area contributed by atoms with Crippen molar-refractivity contribution in [1.29, 1.82) is 0 Å². The molecule has 1 heterocycles. The van der Waals surface area contributed by atoms with E-state index in [-0.39, 0.29) is 18.4 Å². The van der Waals surface area contributed by atoms with Gasteiger partial charge in [0.05, 0.1) is 12.7 Å². The van der Waals surface area contributed by atoms with E-state index < -0.39 is 0 Å². The molecule has 2 aliphatic rings. The summed E-state index contributed by atoms with van der Waals surface area (Å²) in [6.07, 6.45) is 2.47. The van der Waals surface area contributed by atoms with Gasteiger partial charge in [-0.05, 0) is 36.1 Å². The smallest absolute Gasteiger partial charge is 0.337 e. The maximum Gasteiger partial charge on any atom is 0.337 e. The first-order valence-corrected chi connectivity index (χ1v) is 5.68. The Morgan fingerprint density at radius 3 is 2.82 bits per heavy atom. The van der Waals surface area contributed by atoms with Crippen LogP contribution < -0.4 is 5.32 Å². The second-order valence-corrected chi connectivity index (χ2v) is 4.75. The summed E-state index contributed by atoms with van der Waals surface area (Å²) in [4.78, 5) is 11.5. The van der Waals surface area contributed by atoms with Crippen molar-refractivity contribution in [2.75, 3.05) is 13.7 Å². The summed E-state index contributed by atoms with van der Waals surface area (Å²) in [5.41, 5.74) is 3.68. The van der Waals surface area contributed by atoms with Crippen LogP contribution >= 0.6 is 12.4 Å². The van der Waals surface area contributed by atoms with Gasteiger partial charge in [-0.25, -0.2) is 4.79 Å². The number of methoxy groups -OCH3 is 1. The van der Waals surface area contributed by atoms with E-state index in [9.17, 15) is 4.79 Å². The Balaban J connectivity index is 0.00000108. The van der Waals surface area contributed by atoms with Crippen LogP contribution in [0.15, 0.2) is 18.2 Å². The lowest BCUT2D eigenvalue weighted by Gasteiger charge is -2.26. The van der Waals surface area contributed by atoms with Crippen LogP contribution in [0.2, 0.25) is 0 Å². The topological polar surface area (TPSA) is 38.3 Å². The van der Waals surface area contributed by atoms with E-state index in [4.69, 9.17) is 4.74 Å². The monoisotopic (exact) mass is 253 g/mol. The lowest BCUT2D eigenvalue weighted by Crippen LogP contribution is -2.33. The number of nitrogens with one attached hydrogen (secondary N) is 1. The molecular formula is C13H16ClNO2. The van der Waals surface area contributed by atoms with Gasteiger partial charge >= 0.3 is 5.97 Å². The van der Waals surface area contributed by atoms with E-state index in [2.05, 4.69) is 5.32 Å². The van der Waals surface area contributed by atoms with Crippen molar-refractivity contribution in [3.63, 3.8) is 0 Å². The van der Waals surface area contributed by atoms with Crippen molar-refractivity contribution in [2.24, 2.45) is 0 Å². The van der Waals surface area contributed by atoms with Gasteiger partial charge in [0.1, 0.15) is 0 Å². The van der Waals surface area contributed by atoms with Gasteiger partial charge in [-0.3, -0.25) is 0 Å². The Bertz CT molecular complexity index is 455. The summed E-state index contributed by atoms with van der Waals surface area (Å²) >= 11 is 0. The third kappa shape index (κ3) is 1.94. The SMILES string of the molecule is COC(=O)c1ccc2c(c1)C1(CC1)CNC2.Cl. The molecule has 0 atom stereocenters. The van der Waals surface area contributed by atoms with Crippen LogP contribution in [0, 0.1) is 0 Å². The van der Waals surface area contributed by atoms with Gasteiger partial charge in [-0.1, -0.05) is 6.07 Å². The van der Waals surface area contributed by atoms with E-state index in [1.165, 1.54) is 31.1 Å². The minimum absolute atomic E-state index is 0. The number of ether oxygens (including phenoxy) is 1. The number of halogens is 1.